The molecule has 1 N–H and O–H groups in total. The predicted octanol–water partition coefficient (Wildman–Crippen LogP) is 3.64. The molecule has 1 aromatic carbocycles. The third-order valence-electron chi connectivity index (χ3n) is 5.97. The highest BCUT2D eigenvalue weighted by atomic mass is 16.7. The van der Waals surface area contributed by atoms with Gasteiger partial charge >= 0.3 is 6.03 Å². The molecule has 2 aliphatic heterocycles. The molecule has 30 heavy (non-hydrogen) atoms. The molecule has 1 saturated heterocycles. The Morgan fingerprint density at radius 3 is 2.67 bits per heavy atom. The van der Waals surface area contributed by atoms with Gasteiger partial charge in [-0.15, -0.1) is 0 Å². The smallest absolute Gasteiger partial charge is 0.326 e. The minimum absolute atomic E-state index is 0.0338. The first kappa shape index (κ1) is 18.7. The molecule has 0 unspecified atom stereocenters. The van der Waals surface area contributed by atoms with Crippen molar-refractivity contribution in [1.82, 2.24) is 9.88 Å². The molecule has 0 atom stereocenters. The van der Waals surface area contributed by atoms with Gasteiger partial charge in [0.15, 0.2) is 11.5 Å². The van der Waals surface area contributed by atoms with Crippen LogP contribution in [-0.4, -0.2) is 47.7 Å². The Morgan fingerprint density at radius 2 is 1.87 bits per heavy atom. The lowest BCUT2D eigenvalue weighted by Crippen LogP contribution is -2.40. The minimum atomic E-state index is -0.261. The quantitative estimate of drug-likeness (QED) is 0.835. The molecular formula is C22H24N4O4. The highest BCUT2D eigenvalue weighted by Gasteiger charge is 2.35. The van der Waals surface area contributed by atoms with Crippen molar-refractivity contribution in [3.63, 3.8) is 0 Å². The molecule has 0 bridgehead atoms. The van der Waals surface area contributed by atoms with E-state index >= 15 is 0 Å². The first-order valence-corrected chi connectivity index (χ1v) is 10.4. The number of hydrogen-bond acceptors (Lipinski definition) is 5. The van der Waals surface area contributed by atoms with Gasteiger partial charge in [-0.1, -0.05) is 19.3 Å². The molecule has 8 nitrogen and oxygen atoms in total. The van der Waals surface area contributed by atoms with Crippen LogP contribution in [0, 0.1) is 0 Å². The second-order valence-electron chi connectivity index (χ2n) is 7.85. The van der Waals surface area contributed by atoms with Crippen LogP contribution in [0.5, 0.6) is 11.5 Å². The lowest BCUT2D eigenvalue weighted by molar-refractivity contribution is 0.102. The highest BCUT2D eigenvalue weighted by molar-refractivity contribution is 6.04. The van der Waals surface area contributed by atoms with Crippen molar-refractivity contribution in [2.75, 3.05) is 30.1 Å². The van der Waals surface area contributed by atoms with Gasteiger partial charge < -0.3 is 19.7 Å². The summed E-state index contributed by atoms with van der Waals surface area (Å²) in [6.45, 7) is 1.55. The normalized spacial score (nSPS) is 18.7. The zero-order chi connectivity index (χ0) is 20.5. The maximum atomic E-state index is 12.9. The number of nitrogens with zero attached hydrogens (tertiary/aromatic N) is 3. The van der Waals surface area contributed by atoms with Crippen molar-refractivity contribution in [3.8, 4) is 11.5 Å². The van der Waals surface area contributed by atoms with Gasteiger partial charge in [0.25, 0.3) is 5.91 Å². The monoisotopic (exact) mass is 408 g/mol. The van der Waals surface area contributed by atoms with Gasteiger partial charge in [-0.2, -0.15) is 0 Å². The number of anilines is 2. The molecule has 0 spiro atoms. The molecule has 0 radical (unpaired) electrons. The average molecular weight is 408 g/mol. The van der Waals surface area contributed by atoms with Crippen LogP contribution in [0.3, 0.4) is 0 Å². The summed E-state index contributed by atoms with van der Waals surface area (Å²) in [4.78, 5) is 33.5. The fourth-order valence-electron chi connectivity index (χ4n) is 4.36. The van der Waals surface area contributed by atoms with Gasteiger partial charge in [0, 0.05) is 24.7 Å². The van der Waals surface area contributed by atoms with Crippen molar-refractivity contribution in [3.05, 3.63) is 42.1 Å². The van der Waals surface area contributed by atoms with Gasteiger partial charge in [0.1, 0.15) is 5.82 Å². The Morgan fingerprint density at radius 1 is 1.03 bits per heavy atom. The minimum Gasteiger partial charge on any atom is -0.454 e. The van der Waals surface area contributed by atoms with E-state index in [1.807, 2.05) is 4.90 Å². The first-order chi connectivity index (χ1) is 14.7. The van der Waals surface area contributed by atoms with Crippen LogP contribution >= 0.6 is 0 Å². The summed E-state index contributed by atoms with van der Waals surface area (Å²) in [5.74, 6) is 1.55. The number of nitrogens with one attached hydrogen (secondary N) is 1. The molecular weight excluding hydrogens is 384 g/mol. The van der Waals surface area contributed by atoms with Gasteiger partial charge in [-0.05, 0) is 43.2 Å². The van der Waals surface area contributed by atoms with E-state index in [4.69, 9.17) is 9.47 Å². The van der Waals surface area contributed by atoms with Crippen LogP contribution in [0.15, 0.2) is 36.5 Å². The van der Waals surface area contributed by atoms with Crippen molar-refractivity contribution in [1.29, 1.82) is 0 Å². The Bertz CT molecular complexity index is 956. The van der Waals surface area contributed by atoms with E-state index < -0.39 is 0 Å². The number of hydrogen-bond donors (Lipinski definition) is 1. The van der Waals surface area contributed by atoms with Crippen LogP contribution in [-0.2, 0) is 0 Å². The Kier molecular flexibility index (Phi) is 4.90. The molecule has 5 rings (SSSR count). The Balaban J connectivity index is 1.23. The number of pyridine rings is 1. The van der Waals surface area contributed by atoms with Gasteiger partial charge in [-0.3, -0.25) is 9.69 Å². The van der Waals surface area contributed by atoms with E-state index in [2.05, 4.69) is 10.3 Å². The summed E-state index contributed by atoms with van der Waals surface area (Å²) < 4.78 is 10.6. The lowest BCUT2D eigenvalue weighted by Gasteiger charge is -2.30. The summed E-state index contributed by atoms with van der Waals surface area (Å²) >= 11 is 0. The summed E-state index contributed by atoms with van der Waals surface area (Å²) in [6, 6.07) is 9.00. The largest absolute Gasteiger partial charge is 0.454 e. The number of urea groups is 1. The van der Waals surface area contributed by atoms with E-state index in [1.54, 1.807) is 41.4 Å². The third kappa shape index (κ3) is 3.53. The van der Waals surface area contributed by atoms with Crippen molar-refractivity contribution >= 4 is 23.4 Å². The second-order valence-corrected chi connectivity index (χ2v) is 7.85. The molecule has 156 valence electrons. The fourth-order valence-corrected chi connectivity index (χ4v) is 4.36. The molecule has 1 aromatic heterocycles. The van der Waals surface area contributed by atoms with Crippen LogP contribution in [0.25, 0.3) is 0 Å². The molecule has 2 fully saturated rings. The van der Waals surface area contributed by atoms with E-state index in [1.165, 1.54) is 19.3 Å². The second kappa shape index (κ2) is 7.85. The number of rotatable bonds is 4. The predicted molar refractivity (Wildman–Crippen MR) is 111 cm³/mol. The van der Waals surface area contributed by atoms with Crippen LogP contribution in [0.4, 0.5) is 16.3 Å². The van der Waals surface area contributed by atoms with Crippen molar-refractivity contribution in [2.24, 2.45) is 0 Å². The number of benzene rings is 1. The van der Waals surface area contributed by atoms with Crippen LogP contribution in [0.2, 0.25) is 0 Å². The molecule has 1 saturated carbocycles. The van der Waals surface area contributed by atoms with Crippen LogP contribution < -0.4 is 19.7 Å². The Labute approximate surface area is 174 Å². The number of aromatic nitrogens is 1. The van der Waals surface area contributed by atoms with Gasteiger partial charge in [0.2, 0.25) is 6.79 Å². The topological polar surface area (TPSA) is 84.0 Å². The number of carbonyl (C=O) groups excluding carboxylic acids is 2. The summed E-state index contributed by atoms with van der Waals surface area (Å²) in [7, 11) is 0. The van der Waals surface area contributed by atoms with Gasteiger partial charge in [-0.25, -0.2) is 9.78 Å². The summed E-state index contributed by atoms with van der Waals surface area (Å²) in [6.07, 6.45) is 7.44. The van der Waals surface area contributed by atoms with E-state index in [9.17, 15) is 9.59 Å². The molecule has 3 aliphatic rings. The maximum Gasteiger partial charge on any atom is 0.326 e. The zero-order valence-electron chi connectivity index (χ0n) is 16.7. The zero-order valence-corrected chi connectivity index (χ0v) is 16.7. The number of amides is 3. The molecule has 2 aromatic rings. The van der Waals surface area contributed by atoms with E-state index in [0.29, 0.717) is 41.2 Å². The molecule has 8 heteroatoms. The van der Waals surface area contributed by atoms with Crippen molar-refractivity contribution in [2.45, 2.75) is 38.1 Å². The number of carbonyl (C=O) groups is 2. The highest BCUT2D eigenvalue weighted by Crippen LogP contribution is 2.33. The maximum absolute atomic E-state index is 12.9. The number of ether oxygens (including phenoxy) is 2. The van der Waals surface area contributed by atoms with E-state index in [0.717, 1.165) is 19.4 Å². The third-order valence-corrected chi connectivity index (χ3v) is 5.97. The molecule has 1 aliphatic carbocycles. The molecule has 3 amide bonds. The van der Waals surface area contributed by atoms with E-state index in [-0.39, 0.29) is 18.7 Å². The SMILES string of the molecule is O=C(Nc1ccc(N2CCN(C3CCCCC3)C2=O)nc1)c1ccc2c(c1)OCO2. The molecule has 3 heterocycles. The van der Waals surface area contributed by atoms with Crippen molar-refractivity contribution < 1.29 is 19.1 Å². The van der Waals surface area contributed by atoms with Gasteiger partial charge in [0.05, 0.1) is 11.9 Å². The summed E-state index contributed by atoms with van der Waals surface area (Å²) in [5.41, 5.74) is 1.04. The number of fused-ring (bicyclic) bond motifs is 1. The fraction of sp³-hybridized carbons (Fsp3) is 0.409. The summed E-state index contributed by atoms with van der Waals surface area (Å²) in [5, 5.41) is 2.83. The Hall–Kier alpha value is -3.29. The first-order valence-electron chi connectivity index (χ1n) is 10.4. The lowest BCUT2D eigenvalue weighted by atomic mass is 9.94. The average Bonchev–Trinajstić information content (AvgIpc) is 3.41. The standard InChI is InChI=1S/C22H24N4O4/c27-21(15-6-8-18-19(12-15)30-14-29-18)24-16-7-9-20(23-13-16)26-11-10-25(22(26)28)17-4-2-1-3-5-17/h6-9,12-13,17H,1-5,10-11,14H2,(H,24,27). The van der Waals surface area contributed by atoms with Crippen LogP contribution in [0.1, 0.15) is 42.5 Å².